The van der Waals surface area contributed by atoms with Crippen molar-refractivity contribution in [1.82, 2.24) is 10.1 Å². The molecular weight excluding hydrogens is 369 g/mol. The van der Waals surface area contributed by atoms with Crippen molar-refractivity contribution in [3.63, 3.8) is 0 Å². The van der Waals surface area contributed by atoms with Gasteiger partial charge in [0.2, 0.25) is 5.82 Å². The summed E-state index contributed by atoms with van der Waals surface area (Å²) in [5.41, 5.74) is 7.89. The van der Waals surface area contributed by atoms with Gasteiger partial charge in [0.15, 0.2) is 0 Å². The van der Waals surface area contributed by atoms with Crippen LogP contribution in [0.25, 0.3) is 22.8 Å². The SMILES string of the molecule is Nc1ccc(I)cc1-c1nc(-c2cccc(O)c2)no1. The fraction of sp³-hybridized carbons (Fsp3) is 0. The van der Waals surface area contributed by atoms with Crippen LogP contribution in [-0.4, -0.2) is 15.2 Å². The highest BCUT2D eigenvalue weighted by molar-refractivity contribution is 14.1. The Morgan fingerprint density at radius 3 is 2.80 bits per heavy atom. The molecule has 3 N–H and O–H groups in total. The monoisotopic (exact) mass is 379 g/mol. The van der Waals surface area contributed by atoms with Gasteiger partial charge in [-0.05, 0) is 52.9 Å². The molecule has 1 aromatic heterocycles. The van der Waals surface area contributed by atoms with E-state index in [1.54, 1.807) is 30.3 Å². The van der Waals surface area contributed by atoms with Gasteiger partial charge in [-0.2, -0.15) is 4.98 Å². The number of hydrogen-bond donors (Lipinski definition) is 2. The molecule has 2 aromatic carbocycles. The number of aromatic hydroxyl groups is 1. The van der Waals surface area contributed by atoms with Crippen molar-refractivity contribution >= 4 is 28.3 Å². The maximum Gasteiger partial charge on any atom is 0.260 e. The minimum absolute atomic E-state index is 0.155. The third-order valence-electron chi connectivity index (χ3n) is 2.78. The second-order valence-electron chi connectivity index (χ2n) is 4.21. The Morgan fingerprint density at radius 1 is 1.15 bits per heavy atom. The normalized spacial score (nSPS) is 10.7. The average molecular weight is 379 g/mol. The number of phenols is 1. The number of nitrogen functional groups attached to an aromatic ring is 1. The fourth-order valence-corrected chi connectivity index (χ4v) is 2.30. The van der Waals surface area contributed by atoms with Crippen LogP contribution in [0.4, 0.5) is 5.69 Å². The summed E-state index contributed by atoms with van der Waals surface area (Å²) in [6.45, 7) is 0. The quantitative estimate of drug-likeness (QED) is 0.527. The van der Waals surface area contributed by atoms with Crippen LogP contribution in [0.15, 0.2) is 47.0 Å². The molecule has 0 aliphatic carbocycles. The van der Waals surface area contributed by atoms with Crippen LogP contribution in [-0.2, 0) is 0 Å². The molecule has 100 valence electrons. The molecule has 0 bridgehead atoms. The minimum Gasteiger partial charge on any atom is -0.508 e. The summed E-state index contributed by atoms with van der Waals surface area (Å²) in [7, 11) is 0. The van der Waals surface area contributed by atoms with E-state index in [0.29, 0.717) is 28.5 Å². The van der Waals surface area contributed by atoms with E-state index >= 15 is 0 Å². The van der Waals surface area contributed by atoms with Crippen molar-refractivity contribution in [3.05, 3.63) is 46.0 Å². The van der Waals surface area contributed by atoms with Crippen LogP contribution in [0.1, 0.15) is 0 Å². The maximum absolute atomic E-state index is 9.47. The molecule has 0 unspecified atom stereocenters. The molecule has 3 aromatic rings. The molecule has 20 heavy (non-hydrogen) atoms. The summed E-state index contributed by atoms with van der Waals surface area (Å²) in [4.78, 5) is 4.32. The molecule has 0 radical (unpaired) electrons. The molecule has 0 amide bonds. The number of nitrogens with two attached hydrogens (primary N) is 1. The maximum atomic E-state index is 9.47. The van der Waals surface area contributed by atoms with E-state index in [9.17, 15) is 5.11 Å². The van der Waals surface area contributed by atoms with E-state index in [4.69, 9.17) is 10.3 Å². The van der Waals surface area contributed by atoms with Crippen molar-refractivity contribution in [2.24, 2.45) is 0 Å². The summed E-state index contributed by atoms with van der Waals surface area (Å²) in [6, 6.07) is 12.3. The van der Waals surface area contributed by atoms with E-state index in [1.807, 2.05) is 12.1 Å². The average Bonchev–Trinajstić information content (AvgIpc) is 2.91. The Hall–Kier alpha value is -2.09. The third-order valence-corrected chi connectivity index (χ3v) is 3.45. The van der Waals surface area contributed by atoms with Crippen LogP contribution in [0.5, 0.6) is 5.75 Å². The molecule has 0 saturated carbocycles. The highest BCUT2D eigenvalue weighted by atomic mass is 127. The van der Waals surface area contributed by atoms with Gasteiger partial charge in [0, 0.05) is 14.8 Å². The first-order chi connectivity index (χ1) is 9.63. The Balaban J connectivity index is 2.04. The Bertz CT molecular complexity index is 771. The summed E-state index contributed by atoms with van der Waals surface area (Å²) >= 11 is 2.19. The highest BCUT2D eigenvalue weighted by Crippen LogP contribution is 2.28. The van der Waals surface area contributed by atoms with Crippen molar-refractivity contribution in [2.75, 3.05) is 5.73 Å². The lowest BCUT2D eigenvalue weighted by atomic mass is 10.2. The second-order valence-corrected chi connectivity index (χ2v) is 5.45. The number of phenolic OH excluding ortho intramolecular Hbond substituents is 1. The van der Waals surface area contributed by atoms with Crippen LogP contribution < -0.4 is 5.73 Å². The summed E-state index contributed by atoms with van der Waals surface area (Å²) < 4.78 is 6.29. The van der Waals surface area contributed by atoms with Crippen LogP contribution in [0.2, 0.25) is 0 Å². The molecule has 5 nitrogen and oxygen atoms in total. The first kappa shape index (κ1) is 12.9. The number of anilines is 1. The number of hydrogen-bond acceptors (Lipinski definition) is 5. The summed E-state index contributed by atoms with van der Waals surface area (Å²) in [5.74, 6) is 0.927. The molecule has 0 saturated heterocycles. The molecule has 0 spiro atoms. The molecule has 0 aliphatic heterocycles. The second kappa shape index (κ2) is 5.12. The van der Waals surface area contributed by atoms with Gasteiger partial charge >= 0.3 is 0 Å². The van der Waals surface area contributed by atoms with Gasteiger partial charge in [-0.3, -0.25) is 0 Å². The minimum atomic E-state index is 0.155. The molecule has 1 heterocycles. The predicted octanol–water partition coefficient (Wildman–Crippen LogP) is 3.30. The van der Waals surface area contributed by atoms with Gasteiger partial charge < -0.3 is 15.4 Å². The smallest absolute Gasteiger partial charge is 0.260 e. The Morgan fingerprint density at radius 2 is 2.00 bits per heavy atom. The molecule has 3 rings (SSSR count). The molecular formula is C14H10IN3O2. The van der Waals surface area contributed by atoms with Gasteiger partial charge in [0.1, 0.15) is 5.75 Å². The van der Waals surface area contributed by atoms with Crippen molar-refractivity contribution < 1.29 is 9.63 Å². The zero-order valence-corrected chi connectivity index (χ0v) is 12.4. The van der Waals surface area contributed by atoms with Gasteiger partial charge in [-0.1, -0.05) is 17.3 Å². The van der Waals surface area contributed by atoms with Crippen molar-refractivity contribution in [1.29, 1.82) is 0 Å². The highest BCUT2D eigenvalue weighted by Gasteiger charge is 2.13. The van der Waals surface area contributed by atoms with Gasteiger partial charge in [-0.25, -0.2) is 0 Å². The van der Waals surface area contributed by atoms with E-state index in [2.05, 4.69) is 32.7 Å². The van der Waals surface area contributed by atoms with Crippen molar-refractivity contribution in [2.45, 2.75) is 0 Å². The van der Waals surface area contributed by atoms with Gasteiger partial charge in [-0.15, -0.1) is 0 Å². The van der Waals surface area contributed by atoms with Gasteiger partial charge in [0.05, 0.1) is 5.56 Å². The van der Waals surface area contributed by atoms with Gasteiger partial charge in [0.25, 0.3) is 5.89 Å². The molecule has 6 heteroatoms. The first-order valence-corrected chi connectivity index (χ1v) is 6.90. The van der Waals surface area contributed by atoms with E-state index in [1.165, 1.54) is 0 Å². The summed E-state index contributed by atoms with van der Waals surface area (Å²) in [5, 5.41) is 13.4. The zero-order chi connectivity index (χ0) is 14.1. The lowest BCUT2D eigenvalue weighted by Gasteiger charge is -2.00. The first-order valence-electron chi connectivity index (χ1n) is 5.82. The van der Waals surface area contributed by atoms with Crippen LogP contribution in [0, 0.1) is 3.57 Å². The lowest BCUT2D eigenvalue weighted by Crippen LogP contribution is -1.90. The third kappa shape index (κ3) is 2.46. The Kier molecular flexibility index (Phi) is 3.31. The number of halogens is 1. The van der Waals surface area contributed by atoms with E-state index in [-0.39, 0.29) is 5.75 Å². The number of nitrogens with zero attached hydrogens (tertiary/aromatic N) is 2. The molecule has 0 atom stereocenters. The zero-order valence-electron chi connectivity index (χ0n) is 10.2. The standard InChI is InChI=1S/C14H10IN3O2/c15-9-4-5-12(16)11(7-9)14-17-13(18-20-14)8-2-1-3-10(19)6-8/h1-7,19H,16H2. The summed E-state index contributed by atoms with van der Waals surface area (Å²) in [6.07, 6.45) is 0. The Labute approximate surface area is 128 Å². The predicted molar refractivity (Wildman–Crippen MR) is 84.0 cm³/mol. The largest absolute Gasteiger partial charge is 0.508 e. The van der Waals surface area contributed by atoms with Crippen LogP contribution >= 0.6 is 22.6 Å². The van der Waals surface area contributed by atoms with Crippen LogP contribution in [0.3, 0.4) is 0 Å². The van der Waals surface area contributed by atoms with E-state index < -0.39 is 0 Å². The van der Waals surface area contributed by atoms with E-state index in [0.717, 1.165) is 3.57 Å². The number of aromatic nitrogens is 2. The number of rotatable bonds is 2. The molecule has 0 aliphatic rings. The number of benzene rings is 2. The lowest BCUT2D eigenvalue weighted by molar-refractivity contribution is 0.432. The topological polar surface area (TPSA) is 85.2 Å². The van der Waals surface area contributed by atoms with Crippen molar-refractivity contribution in [3.8, 4) is 28.6 Å². The molecule has 0 fully saturated rings. The fourth-order valence-electron chi connectivity index (χ4n) is 1.81.